The first-order valence-electron chi connectivity index (χ1n) is 5.38. The molecule has 0 amide bonds. The van der Waals surface area contributed by atoms with Crippen molar-refractivity contribution in [1.82, 2.24) is 10.2 Å². The van der Waals surface area contributed by atoms with Gasteiger partial charge in [-0.05, 0) is 26.4 Å². The number of hydrogen-bond donors (Lipinski definition) is 2. The highest BCUT2D eigenvalue weighted by Crippen LogP contribution is 2.15. The van der Waals surface area contributed by atoms with E-state index in [2.05, 4.69) is 10.2 Å². The second-order valence-corrected chi connectivity index (χ2v) is 3.83. The van der Waals surface area contributed by atoms with Crippen LogP contribution in [0.5, 0.6) is 0 Å². The first-order chi connectivity index (χ1) is 6.38. The maximum Gasteiger partial charge on any atom is 0.0586 e. The van der Waals surface area contributed by atoms with Crippen molar-refractivity contribution in [3.05, 3.63) is 0 Å². The molecule has 1 rings (SSSR count). The molecule has 2 N–H and O–H groups in total. The Morgan fingerprint density at radius 2 is 2.23 bits per heavy atom. The summed E-state index contributed by atoms with van der Waals surface area (Å²) in [5, 5.41) is 12.4. The van der Waals surface area contributed by atoms with Crippen molar-refractivity contribution in [2.45, 2.75) is 31.7 Å². The summed E-state index contributed by atoms with van der Waals surface area (Å²) in [6.07, 6.45) is 5.06. The predicted octanol–water partition coefficient (Wildman–Crippen LogP) is 0.443. The van der Waals surface area contributed by atoms with Crippen LogP contribution < -0.4 is 5.32 Å². The van der Waals surface area contributed by atoms with E-state index >= 15 is 0 Å². The number of aliphatic hydroxyl groups is 1. The highest BCUT2D eigenvalue weighted by molar-refractivity contribution is 4.74. The first-order valence-corrected chi connectivity index (χ1v) is 5.38. The van der Waals surface area contributed by atoms with Crippen LogP contribution in [0.1, 0.15) is 25.7 Å². The summed E-state index contributed by atoms with van der Waals surface area (Å²) in [6.45, 7) is 3.58. The maximum atomic E-state index is 9.22. The van der Waals surface area contributed by atoms with Crippen LogP contribution in [0.3, 0.4) is 0 Å². The molecule has 0 aromatic heterocycles. The lowest BCUT2D eigenvalue weighted by Gasteiger charge is -2.28. The molecule has 0 aromatic rings. The van der Waals surface area contributed by atoms with Gasteiger partial charge in [-0.15, -0.1) is 0 Å². The van der Waals surface area contributed by atoms with Crippen molar-refractivity contribution < 1.29 is 5.11 Å². The zero-order valence-corrected chi connectivity index (χ0v) is 8.63. The van der Waals surface area contributed by atoms with Gasteiger partial charge in [0.1, 0.15) is 0 Å². The Hall–Kier alpha value is -0.120. The van der Waals surface area contributed by atoms with Crippen molar-refractivity contribution in [2.75, 3.05) is 33.3 Å². The largest absolute Gasteiger partial charge is 0.395 e. The number of likely N-dealkylation sites (N-methyl/N-ethyl adjacent to an activating group) is 1. The smallest absolute Gasteiger partial charge is 0.0586 e. The van der Waals surface area contributed by atoms with Gasteiger partial charge in [0.2, 0.25) is 0 Å². The van der Waals surface area contributed by atoms with E-state index in [1.807, 2.05) is 7.05 Å². The van der Waals surface area contributed by atoms with Crippen molar-refractivity contribution in [1.29, 1.82) is 0 Å². The molecule has 1 aliphatic rings. The second-order valence-electron chi connectivity index (χ2n) is 3.83. The lowest BCUT2D eigenvalue weighted by molar-refractivity contribution is 0.126. The molecule has 0 bridgehead atoms. The summed E-state index contributed by atoms with van der Waals surface area (Å²) in [5.74, 6) is 0. The topological polar surface area (TPSA) is 35.5 Å². The van der Waals surface area contributed by atoms with Gasteiger partial charge in [0.25, 0.3) is 0 Å². The molecule has 3 heteroatoms. The van der Waals surface area contributed by atoms with Gasteiger partial charge in [0.05, 0.1) is 6.61 Å². The molecule has 1 atom stereocenters. The van der Waals surface area contributed by atoms with Gasteiger partial charge in [-0.1, -0.05) is 12.8 Å². The number of aliphatic hydroxyl groups excluding tert-OH is 1. The van der Waals surface area contributed by atoms with E-state index in [0.29, 0.717) is 12.6 Å². The summed E-state index contributed by atoms with van der Waals surface area (Å²) in [6, 6.07) is 0.413. The van der Waals surface area contributed by atoms with Crippen LogP contribution in [0.4, 0.5) is 0 Å². The zero-order chi connectivity index (χ0) is 9.52. The van der Waals surface area contributed by atoms with Crippen molar-refractivity contribution >= 4 is 0 Å². The lowest BCUT2D eigenvalue weighted by Crippen LogP contribution is -2.41. The maximum absolute atomic E-state index is 9.22. The van der Waals surface area contributed by atoms with E-state index in [4.69, 9.17) is 0 Å². The summed E-state index contributed by atoms with van der Waals surface area (Å²) in [4.78, 5) is 2.42. The fraction of sp³-hybridized carbons (Fsp3) is 1.00. The van der Waals surface area contributed by atoms with Crippen LogP contribution in [-0.4, -0.2) is 49.3 Å². The predicted molar refractivity (Wildman–Crippen MR) is 54.8 cm³/mol. The van der Waals surface area contributed by atoms with Crippen LogP contribution in [0.15, 0.2) is 0 Å². The van der Waals surface area contributed by atoms with Crippen LogP contribution in [0.25, 0.3) is 0 Å². The molecule has 78 valence electrons. The van der Waals surface area contributed by atoms with Gasteiger partial charge in [-0.2, -0.15) is 0 Å². The van der Waals surface area contributed by atoms with Crippen LogP contribution in [0, 0.1) is 0 Å². The Labute approximate surface area is 81.1 Å². The summed E-state index contributed by atoms with van der Waals surface area (Å²) in [7, 11) is 1.98. The molecule has 3 nitrogen and oxygen atoms in total. The quantitative estimate of drug-likeness (QED) is 0.669. The molecule has 1 heterocycles. The number of likely N-dealkylation sites (tertiary alicyclic amines) is 1. The highest BCUT2D eigenvalue weighted by Gasteiger charge is 2.18. The zero-order valence-electron chi connectivity index (χ0n) is 8.63. The number of nitrogens with one attached hydrogen (secondary N) is 1. The standard InChI is InChI=1S/C10H22N2O/c1-11-6-8-12-7-4-2-3-5-10(12)9-13/h10-11,13H,2-9H2,1H3. The Balaban J connectivity index is 2.34. The van der Waals surface area contributed by atoms with Gasteiger partial charge in [-0.25, -0.2) is 0 Å². The Morgan fingerprint density at radius 1 is 1.38 bits per heavy atom. The fourth-order valence-corrected chi connectivity index (χ4v) is 1.99. The van der Waals surface area contributed by atoms with Gasteiger partial charge in [0.15, 0.2) is 0 Å². The minimum atomic E-state index is 0.323. The number of rotatable bonds is 4. The molecule has 1 unspecified atom stereocenters. The van der Waals surface area contributed by atoms with E-state index < -0.39 is 0 Å². The molecule has 1 aliphatic heterocycles. The third-order valence-electron chi connectivity index (χ3n) is 2.86. The minimum absolute atomic E-state index is 0.323. The van der Waals surface area contributed by atoms with Crippen molar-refractivity contribution in [2.24, 2.45) is 0 Å². The third-order valence-corrected chi connectivity index (χ3v) is 2.86. The molecular weight excluding hydrogens is 164 g/mol. The molecule has 1 fully saturated rings. The fourth-order valence-electron chi connectivity index (χ4n) is 1.99. The van der Waals surface area contributed by atoms with Gasteiger partial charge < -0.3 is 10.4 Å². The lowest BCUT2D eigenvalue weighted by atomic mass is 10.1. The second kappa shape index (κ2) is 6.35. The van der Waals surface area contributed by atoms with E-state index in [-0.39, 0.29) is 0 Å². The van der Waals surface area contributed by atoms with E-state index in [1.165, 1.54) is 25.7 Å². The number of nitrogens with zero attached hydrogens (tertiary/aromatic N) is 1. The first kappa shape index (κ1) is 11.0. The summed E-state index contributed by atoms with van der Waals surface area (Å²) >= 11 is 0. The molecule has 0 aliphatic carbocycles. The average molecular weight is 186 g/mol. The van der Waals surface area contributed by atoms with Gasteiger partial charge >= 0.3 is 0 Å². The molecule has 0 radical (unpaired) electrons. The highest BCUT2D eigenvalue weighted by atomic mass is 16.3. The molecule has 0 spiro atoms. The number of hydrogen-bond acceptors (Lipinski definition) is 3. The van der Waals surface area contributed by atoms with Gasteiger partial charge in [-0.3, -0.25) is 4.90 Å². The molecule has 0 saturated carbocycles. The van der Waals surface area contributed by atoms with Crippen LogP contribution in [0.2, 0.25) is 0 Å². The Kier molecular flexibility index (Phi) is 5.35. The van der Waals surface area contributed by atoms with Gasteiger partial charge in [0, 0.05) is 19.1 Å². The SMILES string of the molecule is CNCCN1CCCCCC1CO. The Morgan fingerprint density at radius 3 is 2.92 bits per heavy atom. The average Bonchev–Trinajstić information content (AvgIpc) is 2.39. The molecule has 1 saturated heterocycles. The normalized spacial score (nSPS) is 25.8. The molecule has 13 heavy (non-hydrogen) atoms. The van der Waals surface area contributed by atoms with E-state index in [9.17, 15) is 5.11 Å². The van der Waals surface area contributed by atoms with Crippen molar-refractivity contribution in [3.63, 3.8) is 0 Å². The van der Waals surface area contributed by atoms with Crippen LogP contribution >= 0.6 is 0 Å². The van der Waals surface area contributed by atoms with E-state index in [0.717, 1.165) is 19.6 Å². The molecular formula is C10H22N2O. The van der Waals surface area contributed by atoms with Crippen molar-refractivity contribution in [3.8, 4) is 0 Å². The van der Waals surface area contributed by atoms with E-state index in [1.54, 1.807) is 0 Å². The Bertz CT molecular complexity index is 130. The van der Waals surface area contributed by atoms with Crippen LogP contribution in [-0.2, 0) is 0 Å². The monoisotopic (exact) mass is 186 g/mol. The summed E-state index contributed by atoms with van der Waals surface area (Å²) < 4.78 is 0. The third kappa shape index (κ3) is 3.63. The minimum Gasteiger partial charge on any atom is -0.395 e. The summed E-state index contributed by atoms with van der Waals surface area (Å²) in [5.41, 5.74) is 0. The molecule has 0 aromatic carbocycles.